The molecule has 1 aliphatic heterocycles. The molecule has 1 amide bonds. The molecule has 0 radical (unpaired) electrons. The molecule has 0 spiro atoms. The third-order valence-electron chi connectivity index (χ3n) is 4.59. The van der Waals surface area contributed by atoms with Crippen LogP contribution in [-0.4, -0.2) is 22.6 Å². The third kappa shape index (κ3) is 2.98. The zero-order valence-electron chi connectivity index (χ0n) is 14.6. The van der Waals surface area contributed by atoms with Gasteiger partial charge in [-0.05, 0) is 37.6 Å². The van der Waals surface area contributed by atoms with Crippen molar-refractivity contribution in [1.29, 1.82) is 0 Å². The summed E-state index contributed by atoms with van der Waals surface area (Å²) in [6.07, 6.45) is 0.225. The van der Waals surface area contributed by atoms with Crippen LogP contribution < -0.4 is 4.90 Å². The Kier molecular flexibility index (Phi) is 4.03. The molecule has 1 unspecified atom stereocenters. The first-order valence-electron chi connectivity index (χ1n) is 8.48. The molecule has 26 heavy (non-hydrogen) atoms. The van der Waals surface area contributed by atoms with Gasteiger partial charge >= 0.3 is 0 Å². The predicted octanol–water partition coefficient (Wildman–Crippen LogP) is 4.01. The second-order valence-electron chi connectivity index (χ2n) is 6.69. The lowest BCUT2D eigenvalue weighted by atomic mass is 10.1. The smallest absolute Gasteiger partial charge is 0.232 e. The van der Waals surface area contributed by atoms with Crippen molar-refractivity contribution in [1.82, 2.24) is 10.1 Å². The Morgan fingerprint density at radius 2 is 1.96 bits per heavy atom. The summed E-state index contributed by atoms with van der Waals surface area (Å²) in [5.74, 6) is 0.119. The highest BCUT2D eigenvalue weighted by Gasteiger charge is 2.36. The first-order valence-corrected chi connectivity index (χ1v) is 8.48. The van der Waals surface area contributed by atoms with Crippen molar-refractivity contribution < 1.29 is 13.7 Å². The summed E-state index contributed by atoms with van der Waals surface area (Å²) >= 11 is 0. The molecule has 0 saturated carbocycles. The fourth-order valence-corrected chi connectivity index (χ4v) is 3.24. The fourth-order valence-electron chi connectivity index (χ4n) is 3.24. The normalized spacial score (nSPS) is 17.1. The number of rotatable bonds is 3. The van der Waals surface area contributed by atoms with Crippen molar-refractivity contribution in [2.24, 2.45) is 0 Å². The van der Waals surface area contributed by atoms with Crippen molar-refractivity contribution in [3.63, 3.8) is 0 Å². The number of hydrogen-bond donors (Lipinski definition) is 0. The van der Waals surface area contributed by atoms with Gasteiger partial charge in [0.05, 0.1) is 11.6 Å². The molecule has 1 aromatic heterocycles. The second kappa shape index (κ2) is 6.37. The highest BCUT2D eigenvalue weighted by atomic mass is 19.1. The van der Waals surface area contributed by atoms with E-state index in [0.717, 1.165) is 16.7 Å². The lowest BCUT2D eigenvalue weighted by molar-refractivity contribution is -0.117. The van der Waals surface area contributed by atoms with Crippen LogP contribution in [0.4, 0.5) is 10.1 Å². The molecule has 4 rings (SSSR count). The molecule has 2 aromatic carbocycles. The Morgan fingerprint density at radius 3 is 2.73 bits per heavy atom. The minimum absolute atomic E-state index is 0.145. The van der Waals surface area contributed by atoms with E-state index in [-0.39, 0.29) is 18.2 Å². The summed E-state index contributed by atoms with van der Waals surface area (Å²) in [5.41, 5.74) is 3.08. The number of benzene rings is 2. The van der Waals surface area contributed by atoms with Gasteiger partial charge in [0, 0.05) is 18.5 Å². The Morgan fingerprint density at radius 1 is 1.15 bits per heavy atom. The molecule has 0 aliphatic carbocycles. The molecule has 2 heterocycles. The first kappa shape index (κ1) is 16.4. The number of nitrogens with zero attached hydrogens (tertiary/aromatic N) is 3. The minimum Gasteiger partial charge on any atom is -0.339 e. The highest BCUT2D eigenvalue weighted by molar-refractivity contribution is 5.96. The third-order valence-corrected chi connectivity index (χ3v) is 4.59. The molecule has 1 aliphatic rings. The zero-order valence-corrected chi connectivity index (χ0v) is 14.6. The van der Waals surface area contributed by atoms with Gasteiger partial charge in [-0.3, -0.25) is 4.79 Å². The Balaban J connectivity index is 1.58. The molecular weight excluding hydrogens is 333 g/mol. The number of anilines is 1. The van der Waals surface area contributed by atoms with E-state index in [9.17, 15) is 9.18 Å². The van der Waals surface area contributed by atoms with E-state index in [1.807, 2.05) is 38.1 Å². The van der Waals surface area contributed by atoms with Gasteiger partial charge in [-0.2, -0.15) is 4.98 Å². The van der Waals surface area contributed by atoms with Crippen LogP contribution in [0.3, 0.4) is 0 Å². The number of aromatic nitrogens is 2. The van der Waals surface area contributed by atoms with E-state index >= 15 is 0 Å². The summed E-state index contributed by atoms with van der Waals surface area (Å²) < 4.78 is 19.6. The fraction of sp³-hybridized carbons (Fsp3) is 0.250. The van der Waals surface area contributed by atoms with Crippen LogP contribution in [0.1, 0.15) is 29.4 Å². The molecule has 6 heteroatoms. The molecular formula is C20H18FN3O2. The maximum absolute atomic E-state index is 14.2. The quantitative estimate of drug-likeness (QED) is 0.715. The van der Waals surface area contributed by atoms with Crippen molar-refractivity contribution in [2.45, 2.75) is 26.2 Å². The van der Waals surface area contributed by atoms with E-state index in [1.54, 1.807) is 12.1 Å². The standard InChI is InChI=1S/C20H18FN3O2/c1-12-4-3-5-14(8-12)19-22-20(26-23-19)15-10-18(25)24(11-15)17-7-6-13(2)9-16(17)21/h3-9,15H,10-11H2,1-2H3. The lowest BCUT2D eigenvalue weighted by Crippen LogP contribution is -2.25. The molecule has 1 fully saturated rings. The van der Waals surface area contributed by atoms with E-state index < -0.39 is 5.82 Å². The predicted molar refractivity (Wildman–Crippen MR) is 95.3 cm³/mol. The largest absolute Gasteiger partial charge is 0.339 e. The van der Waals surface area contributed by atoms with Gasteiger partial charge in [-0.25, -0.2) is 4.39 Å². The summed E-state index contributed by atoms with van der Waals surface area (Å²) in [7, 11) is 0. The lowest BCUT2D eigenvalue weighted by Gasteiger charge is -2.17. The zero-order chi connectivity index (χ0) is 18.3. The first-order chi connectivity index (χ1) is 12.5. The average molecular weight is 351 g/mol. The van der Waals surface area contributed by atoms with Crippen LogP contribution in [0.2, 0.25) is 0 Å². The molecule has 0 N–H and O–H groups in total. The van der Waals surface area contributed by atoms with Crippen molar-refractivity contribution >= 4 is 11.6 Å². The van der Waals surface area contributed by atoms with E-state index in [4.69, 9.17) is 4.52 Å². The van der Waals surface area contributed by atoms with Gasteiger partial charge in [-0.1, -0.05) is 35.0 Å². The van der Waals surface area contributed by atoms with Crippen LogP contribution in [-0.2, 0) is 4.79 Å². The van der Waals surface area contributed by atoms with Gasteiger partial charge in [0.15, 0.2) is 0 Å². The van der Waals surface area contributed by atoms with Crippen LogP contribution in [0.15, 0.2) is 47.0 Å². The molecule has 0 bridgehead atoms. The number of carbonyl (C=O) groups excluding carboxylic acids is 1. The van der Waals surface area contributed by atoms with E-state index in [2.05, 4.69) is 10.1 Å². The SMILES string of the molecule is Cc1cccc(-c2noc(C3CC(=O)N(c4ccc(C)cc4F)C3)n2)c1. The van der Waals surface area contributed by atoms with Crippen molar-refractivity contribution in [3.8, 4) is 11.4 Å². The van der Waals surface area contributed by atoms with Crippen molar-refractivity contribution in [2.75, 3.05) is 11.4 Å². The minimum atomic E-state index is -0.398. The summed E-state index contributed by atoms with van der Waals surface area (Å²) in [6, 6.07) is 12.7. The second-order valence-corrected chi connectivity index (χ2v) is 6.69. The number of hydrogen-bond acceptors (Lipinski definition) is 4. The number of amides is 1. The maximum atomic E-state index is 14.2. The van der Waals surface area contributed by atoms with Crippen LogP contribution >= 0.6 is 0 Å². The number of halogens is 1. The van der Waals surface area contributed by atoms with E-state index in [1.165, 1.54) is 11.0 Å². The Labute approximate surface area is 150 Å². The van der Waals surface area contributed by atoms with Crippen molar-refractivity contribution in [3.05, 3.63) is 65.3 Å². The van der Waals surface area contributed by atoms with Gasteiger partial charge in [-0.15, -0.1) is 0 Å². The maximum Gasteiger partial charge on any atom is 0.232 e. The van der Waals surface area contributed by atoms with Crippen LogP contribution in [0.5, 0.6) is 0 Å². The van der Waals surface area contributed by atoms with Gasteiger partial charge in [0.1, 0.15) is 5.82 Å². The average Bonchev–Trinajstić information content (AvgIpc) is 3.22. The summed E-state index contributed by atoms with van der Waals surface area (Å²) in [5, 5.41) is 4.03. The van der Waals surface area contributed by atoms with Crippen LogP contribution in [0.25, 0.3) is 11.4 Å². The Bertz CT molecular complexity index is 983. The molecule has 132 valence electrons. The van der Waals surface area contributed by atoms with Gasteiger partial charge in [0.25, 0.3) is 0 Å². The number of aryl methyl sites for hydroxylation is 2. The summed E-state index contributed by atoms with van der Waals surface area (Å²) in [6.45, 7) is 4.13. The summed E-state index contributed by atoms with van der Waals surface area (Å²) in [4.78, 5) is 18.3. The van der Waals surface area contributed by atoms with E-state index in [0.29, 0.717) is 23.9 Å². The molecule has 5 nitrogen and oxygen atoms in total. The topological polar surface area (TPSA) is 59.2 Å². The Hall–Kier alpha value is -3.02. The van der Waals surface area contributed by atoms with Gasteiger partial charge in [0.2, 0.25) is 17.6 Å². The van der Waals surface area contributed by atoms with Gasteiger partial charge < -0.3 is 9.42 Å². The monoisotopic (exact) mass is 351 g/mol. The molecule has 1 atom stereocenters. The van der Waals surface area contributed by atoms with Crippen LogP contribution in [0, 0.1) is 19.7 Å². The molecule has 1 saturated heterocycles. The molecule has 3 aromatic rings. The number of carbonyl (C=O) groups is 1. The highest BCUT2D eigenvalue weighted by Crippen LogP contribution is 2.33.